The number of rotatable bonds is 3. The van der Waals surface area contributed by atoms with Gasteiger partial charge >= 0.3 is 5.97 Å². The van der Waals surface area contributed by atoms with Crippen LogP contribution in [0.3, 0.4) is 0 Å². The van der Waals surface area contributed by atoms with Crippen molar-refractivity contribution in [2.75, 3.05) is 6.54 Å². The molecule has 0 spiro atoms. The van der Waals surface area contributed by atoms with Crippen molar-refractivity contribution in [3.8, 4) is 0 Å². The smallest absolute Gasteiger partial charge is 0.322 e. The lowest BCUT2D eigenvalue weighted by atomic mass is 10.2. The second-order valence-corrected chi connectivity index (χ2v) is 6.06. The summed E-state index contributed by atoms with van der Waals surface area (Å²) in [6.45, 7) is -0.214. The molecule has 1 aliphatic heterocycles. The maximum absolute atomic E-state index is 12.2. The van der Waals surface area contributed by atoms with E-state index in [9.17, 15) is 18.3 Å². The van der Waals surface area contributed by atoms with Gasteiger partial charge in [-0.15, -0.1) is 0 Å². The highest BCUT2D eigenvalue weighted by atomic mass is 32.2. The first kappa shape index (κ1) is 13.0. The number of aliphatic hydroxyl groups is 1. The van der Waals surface area contributed by atoms with Crippen LogP contribution in [0.1, 0.15) is 6.42 Å². The molecule has 8 nitrogen and oxygen atoms in total. The number of carboxylic acid groups (broad SMARTS) is 1. The van der Waals surface area contributed by atoms with E-state index in [2.05, 4.69) is 5.10 Å². The van der Waals surface area contributed by atoms with Crippen molar-refractivity contribution in [3.63, 3.8) is 0 Å². The van der Waals surface area contributed by atoms with Crippen molar-refractivity contribution < 1.29 is 23.4 Å². The standard InChI is InChI=1S/C9H13N3O5S/c1-11-5-7(3-10-11)18(16,17)12-4-6(13)2-8(12)9(14)15/h3,5-6,8,13H,2,4H2,1H3,(H,14,15)/t6?,8-/m1/s1. The third-order valence-electron chi connectivity index (χ3n) is 2.81. The van der Waals surface area contributed by atoms with E-state index in [4.69, 9.17) is 5.11 Å². The zero-order valence-electron chi connectivity index (χ0n) is 9.59. The van der Waals surface area contributed by atoms with E-state index in [1.807, 2.05) is 0 Å². The number of aromatic nitrogens is 2. The minimum Gasteiger partial charge on any atom is -0.480 e. The fraction of sp³-hybridized carbons (Fsp3) is 0.556. The maximum atomic E-state index is 12.2. The van der Waals surface area contributed by atoms with E-state index in [1.165, 1.54) is 10.9 Å². The quantitative estimate of drug-likeness (QED) is 0.703. The first-order chi connectivity index (χ1) is 8.32. The summed E-state index contributed by atoms with van der Waals surface area (Å²) in [7, 11) is -2.37. The van der Waals surface area contributed by atoms with Crippen molar-refractivity contribution in [3.05, 3.63) is 12.4 Å². The van der Waals surface area contributed by atoms with Crippen molar-refractivity contribution in [1.82, 2.24) is 14.1 Å². The van der Waals surface area contributed by atoms with E-state index in [1.54, 1.807) is 7.05 Å². The number of aryl methyl sites for hydroxylation is 1. The molecule has 100 valence electrons. The molecule has 0 saturated carbocycles. The Morgan fingerprint density at radius 1 is 1.56 bits per heavy atom. The Kier molecular flexibility index (Phi) is 3.13. The first-order valence-electron chi connectivity index (χ1n) is 5.23. The molecule has 0 radical (unpaired) electrons. The number of sulfonamides is 1. The number of nitrogens with zero attached hydrogens (tertiary/aromatic N) is 3. The largest absolute Gasteiger partial charge is 0.480 e. The third kappa shape index (κ3) is 2.11. The topological polar surface area (TPSA) is 113 Å². The Balaban J connectivity index is 2.38. The van der Waals surface area contributed by atoms with Crippen LogP contribution < -0.4 is 0 Å². The summed E-state index contributed by atoms with van der Waals surface area (Å²) in [6, 6.07) is -1.23. The average Bonchev–Trinajstić information content (AvgIpc) is 2.84. The van der Waals surface area contributed by atoms with Crippen molar-refractivity contribution in [2.45, 2.75) is 23.5 Å². The molecule has 1 unspecified atom stereocenters. The number of hydrogen-bond acceptors (Lipinski definition) is 5. The molecule has 1 aromatic heterocycles. The van der Waals surface area contributed by atoms with Crippen LogP contribution in [0, 0.1) is 0 Å². The zero-order chi connectivity index (χ0) is 13.5. The SMILES string of the molecule is Cn1cc(S(=O)(=O)N2CC(O)C[C@@H]2C(=O)O)cn1. The van der Waals surface area contributed by atoms with Crippen LogP contribution in [0.2, 0.25) is 0 Å². The normalized spacial score (nSPS) is 25.4. The Morgan fingerprint density at radius 2 is 2.22 bits per heavy atom. The van der Waals surface area contributed by atoms with Gasteiger partial charge in [0, 0.05) is 26.2 Å². The van der Waals surface area contributed by atoms with Gasteiger partial charge < -0.3 is 10.2 Å². The molecule has 9 heteroatoms. The molecule has 2 heterocycles. The number of aliphatic hydroxyl groups excluding tert-OH is 1. The summed E-state index contributed by atoms with van der Waals surface area (Å²) < 4.78 is 26.5. The molecule has 0 bridgehead atoms. The average molecular weight is 275 g/mol. The lowest BCUT2D eigenvalue weighted by molar-refractivity contribution is -0.140. The van der Waals surface area contributed by atoms with Gasteiger partial charge in [0.15, 0.2) is 0 Å². The van der Waals surface area contributed by atoms with Crippen LogP contribution in [-0.4, -0.2) is 57.4 Å². The van der Waals surface area contributed by atoms with Crippen molar-refractivity contribution in [2.24, 2.45) is 7.05 Å². The first-order valence-corrected chi connectivity index (χ1v) is 6.67. The van der Waals surface area contributed by atoms with Gasteiger partial charge in [-0.1, -0.05) is 0 Å². The molecule has 0 aliphatic carbocycles. The van der Waals surface area contributed by atoms with E-state index >= 15 is 0 Å². The zero-order valence-corrected chi connectivity index (χ0v) is 10.4. The summed E-state index contributed by atoms with van der Waals surface area (Å²) in [4.78, 5) is 10.9. The minimum atomic E-state index is -3.94. The van der Waals surface area contributed by atoms with Crippen LogP contribution in [0.5, 0.6) is 0 Å². The minimum absolute atomic E-state index is 0.0784. The highest BCUT2D eigenvalue weighted by Crippen LogP contribution is 2.26. The number of carboxylic acids is 1. The van der Waals surface area contributed by atoms with Gasteiger partial charge in [-0.2, -0.15) is 9.40 Å². The van der Waals surface area contributed by atoms with E-state index in [-0.39, 0.29) is 17.9 Å². The molecule has 1 fully saturated rings. The third-order valence-corrected chi connectivity index (χ3v) is 4.63. The summed E-state index contributed by atoms with van der Waals surface area (Å²) in [5.41, 5.74) is 0. The van der Waals surface area contributed by atoms with Gasteiger partial charge in [0.25, 0.3) is 0 Å². The Labute approximate surface area is 103 Å². The van der Waals surface area contributed by atoms with Crippen molar-refractivity contribution >= 4 is 16.0 Å². The summed E-state index contributed by atoms with van der Waals surface area (Å²) in [5.74, 6) is -1.26. The molecule has 2 N–H and O–H groups in total. The molecular formula is C9H13N3O5S. The Bertz CT molecular complexity index is 567. The number of hydrogen-bond donors (Lipinski definition) is 2. The second kappa shape index (κ2) is 4.34. The molecule has 0 amide bonds. The van der Waals surface area contributed by atoms with Crippen LogP contribution >= 0.6 is 0 Å². The Hall–Kier alpha value is -1.45. The summed E-state index contributed by atoms with van der Waals surface area (Å²) in [6.07, 6.45) is 1.38. The van der Waals surface area contributed by atoms with Crippen LogP contribution in [0.4, 0.5) is 0 Å². The fourth-order valence-electron chi connectivity index (χ4n) is 1.94. The molecule has 2 atom stereocenters. The predicted octanol–water partition coefficient (Wildman–Crippen LogP) is -1.37. The van der Waals surface area contributed by atoms with Crippen LogP contribution in [0.25, 0.3) is 0 Å². The van der Waals surface area contributed by atoms with E-state index in [0.29, 0.717) is 0 Å². The number of carbonyl (C=O) groups is 1. The lowest BCUT2D eigenvalue weighted by Gasteiger charge is -2.19. The second-order valence-electron chi connectivity index (χ2n) is 4.17. The molecule has 0 aromatic carbocycles. The van der Waals surface area contributed by atoms with E-state index < -0.39 is 28.1 Å². The van der Waals surface area contributed by atoms with Gasteiger partial charge in [0.05, 0.1) is 12.3 Å². The fourth-order valence-corrected chi connectivity index (χ4v) is 3.56. The van der Waals surface area contributed by atoms with Crippen molar-refractivity contribution in [1.29, 1.82) is 0 Å². The molecule has 1 aromatic rings. The van der Waals surface area contributed by atoms with E-state index in [0.717, 1.165) is 10.5 Å². The van der Waals surface area contributed by atoms with Gasteiger partial charge in [-0.25, -0.2) is 8.42 Å². The van der Waals surface area contributed by atoms with Gasteiger partial charge in [-0.05, 0) is 0 Å². The van der Waals surface area contributed by atoms with Gasteiger partial charge in [-0.3, -0.25) is 9.48 Å². The monoisotopic (exact) mass is 275 g/mol. The summed E-state index contributed by atoms with van der Waals surface area (Å²) in [5, 5.41) is 22.2. The molecule has 1 aliphatic rings. The van der Waals surface area contributed by atoms with Gasteiger partial charge in [0.2, 0.25) is 10.0 Å². The highest BCUT2D eigenvalue weighted by Gasteiger charge is 2.43. The van der Waals surface area contributed by atoms with Crippen LogP contribution in [0.15, 0.2) is 17.3 Å². The lowest BCUT2D eigenvalue weighted by Crippen LogP contribution is -2.40. The summed E-state index contributed by atoms with van der Waals surface area (Å²) >= 11 is 0. The van der Waals surface area contributed by atoms with Gasteiger partial charge in [0.1, 0.15) is 10.9 Å². The molecular weight excluding hydrogens is 262 g/mol. The molecule has 18 heavy (non-hydrogen) atoms. The molecule has 2 rings (SSSR count). The predicted molar refractivity (Wildman–Crippen MR) is 59.1 cm³/mol. The highest BCUT2D eigenvalue weighted by molar-refractivity contribution is 7.89. The number of aliphatic carboxylic acids is 1. The Morgan fingerprint density at radius 3 is 2.72 bits per heavy atom. The van der Waals surface area contributed by atoms with Crippen LogP contribution in [-0.2, 0) is 21.9 Å². The molecule has 1 saturated heterocycles. The number of β-amino-alcohol motifs (C(OH)–C–C–N with tert-alkyl or cyclic N) is 1. The maximum Gasteiger partial charge on any atom is 0.322 e.